The van der Waals surface area contributed by atoms with Gasteiger partial charge in [-0.1, -0.05) is 153 Å². The zero-order valence-electron chi connectivity index (χ0n) is 23.6. The number of hydrogen-bond donors (Lipinski definition) is 0. The molecule has 0 aliphatic heterocycles. The summed E-state index contributed by atoms with van der Waals surface area (Å²) >= 11 is 0. The minimum Gasteiger partial charge on any atom is -0.549 e. The first kappa shape index (κ1) is 35.6. The first-order chi connectivity index (χ1) is 17.2. The molecule has 2 rings (SSSR count). The zero-order chi connectivity index (χ0) is 26.9. The van der Waals surface area contributed by atoms with Gasteiger partial charge in [0.15, 0.2) is 0 Å². The number of benzene rings is 2. The van der Waals surface area contributed by atoms with E-state index < -0.39 is 22.8 Å². The molecule has 0 saturated carbocycles. The number of carboxylic acid groups (broad SMARTS) is 2. The minimum absolute atomic E-state index is 0. The first-order valence-electron chi connectivity index (χ1n) is 13.8. The van der Waals surface area contributed by atoms with E-state index in [0.717, 1.165) is 36.8 Å². The fourth-order valence-corrected chi connectivity index (χ4v) is 4.50. The standard InChI is InChI=1S/2C16H24O2.Ca/c2*1-3-4-5-6-10-13-16(2,15(17)18)14-11-8-7-9-12-14;/h2*7-9,11-12H,3-6,10,13H2,1-2H3,(H,17,18);/q;;+2/p-2. The smallest absolute Gasteiger partial charge is 0.549 e. The van der Waals surface area contributed by atoms with Gasteiger partial charge >= 0.3 is 37.7 Å². The maximum atomic E-state index is 11.4. The van der Waals surface area contributed by atoms with Gasteiger partial charge in [-0.05, 0) is 24.0 Å². The molecule has 5 heteroatoms. The van der Waals surface area contributed by atoms with Crippen LogP contribution in [0.1, 0.15) is 116 Å². The summed E-state index contributed by atoms with van der Waals surface area (Å²) in [6, 6.07) is 18.8. The van der Waals surface area contributed by atoms with Crippen LogP contribution in [0.3, 0.4) is 0 Å². The molecule has 0 aromatic heterocycles. The number of unbranched alkanes of at least 4 members (excludes halogenated alkanes) is 8. The van der Waals surface area contributed by atoms with Crippen LogP contribution in [-0.4, -0.2) is 49.7 Å². The molecule has 0 aliphatic carbocycles. The SMILES string of the molecule is CCCCCCCC(C)(C(=O)[O-])c1ccccc1.CCCCCCCC(C)(C(=O)[O-])c1ccccc1.[Ca+2]. The fraction of sp³-hybridized carbons (Fsp3) is 0.562. The molecule has 0 bridgehead atoms. The van der Waals surface area contributed by atoms with E-state index in [0.29, 0.717) is 12.8 Å². The van der Waals surface area contributed by atoms with E-state index in [1.54, 1.807) is 13.8 Å². The summed E-state index contributed by atoms with van der Waals surface area (Å²) in [6.07, 6.45) is 12.6. The molecule has 200 valence electrons. The van der Waals surface area contributed by atoms with E-state index in [4.69, 9.17) is 0 Å². The second-order valence-corrected chi connectivity index (χ2v) is 10.3. The van der Waals surface area contributed by atoms with Crippen LogP contribution in [0.25, 0.3) is 0 Å². The van der Waals surface area contributed by atoms with Gasteiger partial charge in [0.1, 0.15) is 0 Å². The monoisotopic (exact) mass is 534 g/mol. The first-order valence-corrected chi connectivity index (χ1v) is 13.8. The van der Waals surface area contributed by atoms with Crippen LogP contribution in [0, 0.1) is 0 Å². The summed E-state index contributed by atoms with van der Waals surface area (Å²) in [7, 11) is 0. The van der Waals surface area contributed by atoms with Crippen molar-refractivity contribution in [3.05, 3.63) is 71.8 Å². The van der Waals surface area contributed by atoms with Gasteiger partial charge in [-0.25, -0.2) is 0 Å². The van der Waals surface area contributed by atoms with E-state index in [9.17, 15) is 19.8 Å². The molecule has 0 N–H and O–H groups in total. The van der Waals surface area contributed by atoms with Crippen molar-refractivity contribution in [3.8, 4) is 0 Å². The summed E-state index contributed by atoms with van der Waals surface area (Å²) in [5.74, 6) is -1.94. The van der Waals surface area contributed by atoms with E-state index >= 15 is 0 Å². The number of carboxylic acids is 2. The molecular formula is C32H46CaO4. The molecule has 0 saturated heterocycles. The van der Waals surface area contributed by atoms with Crippen molar-refractivity contribution < 1.29 is 19.8 Å². The molecule has 37 heavy (non-hydrogen) atoms. The van der Waals surface area contributed by atoms with Crippen LogP contribution in [0.15, 0.2) is 60.7 Å². The van der Waals surface area contributed by atoms with Gasteiger partial charge in [0, 0.05) is 10.8 Å². The molecular weight excluding hydrogens is 488 g/mol. The maximum absolute atomic E-state index is 11.4. The topological polar surface area (TPSA) is 80.3 Å². The largest absolute Gasteiger partial charge is 2.00 e. The molecule has 0 fully saturated rings. The second kappa shape index (κ2) is 19.7. The average Bonchev–Trinajstić information content (AvgIpc) is 2.89. The quantitative estimate of drug-likeness (QED) is 0.203. The van der Waals surface area contributed by atoms with Gasteiger partial charge in [-0.2, -0.15) is 0 Å². The van der Waals surface area contributed by atoms with Gasteiger partial charge in [-0.3, -0.25) is 0 Å². The van der Waals surface area contributed by atoms with Crippen molar-refractivity contribution in [1.82, 2.24) is 0 Å². The van der Waals surface area contributed by atoms with Crippen LogP contribution in [0.4, 0.5) is 0 Å². The number of rotatable bonds is 16. The fourth-order valence-electron chi connectivity index (χ4n) is 4.50. The normalized spacial score (nSPS) is 13.7. The molecule has 0 spiro atoms. The molecule has 2 atom stereocenters. The Labute approximate surface area is 255 Å². The Morgan fingerprint density at radius 2 is 0.865 bits per heavy atom. The Kier molecular flexibility index (Phi) is 18.9. The number of hydrogen-bond acceptors (Lipinski definition) is 4. The van der Waals surface area contributed by atoms with Crippen LogP contribution in [0.5, 0.6) is 0 Å². The van der Waals surface area contributed by atoms with E-state index in [1.165, 1.54) is 38.5 Å². The van der Waals surface area contributed by atoms with Crippen LogP contribution < -0.4 is 10.2 Å². The third kappa shape index (κ3) is 12.4. The Morgan fingerprint density at radius 1 is 0.568 bits per heavy atom. The van der Waals surface area contributed by atoms with Crippen molar-refractivity contribution in [2.24, 2.45) is 0 Å². The number of carbonyl (C=O) groups excluding carboxylic acids is 2. The van der Waals surface area contributed by atoms with E-state index in [1.807, 2.05) is 60.7 Å². The van der Waals surface area contributed by atoms with Gasteiger partial charge in [-0.15, -0.1) is 0 Å². The van der Waals surface area contributed by atoms with Gasteiger partial charge < -0.3 is 19.8 Å². The summed E-state index contributed by atoms with van der Waals surface area (Å²) in [5.41, 5.74) is -0.0120. The van der Waals surface area contributed by atoms with Crippen molar-refractivity contribution in [1.29, 1.82) is 0 Å². The van der Waals surface area contributed by atoms with Crippen LogP contribution >= 0.6 is 0 Å². The second-order valence-electron chi connectivity index (χ2n) is 10.3. The molecule has 0 radical (unpaired) electrons. The molecule has 2 aromatic rings. The Hall–Kier alpha value is -1.36. The Morgan fingerprint density at radius 3 is 1.14 bits per heavy atom. The summed E-state index contributed by atoms with van der Waals surface area (Å²) < 4.78 is 0. The Bertz CT molecular complexity index is 797. The molecule has 0 heterocycles. The van der Waals surface area contributed by atoms with Gasteiger partial charge in [0.25, 0.3) is 0 Å². The maximum Gasteiger partial charge on any atom is 2.00 e. The molecule has 0 amide bonds. The van der Waals surface area contributed by atoms with E-state index in [-0.39, 0.29) is 37.7 Å². The summed E-state index contributed by atoms with van der Waals surface area (Å²) in [4.78, 5) is 22.9. The van der Waals surface area contributed by atoms with Crippen molar-refractivity contribution in [3.63, 3.8) is 0 Å². The summed E-state index contributed by atoms with van der Waals surface area (Å²) in [5, 5.41) is 22.9. The predicted octanol–water partition coefficient (Wildman–Crippen LogP) is 5.73. The van der Waals surface area contributed by atoms with Gasteiger partial charge in [0.05, 0.1) is 11.9 Å². The number of aliphatic carboxylic acids is 2. The molecule has 2 aromatic carbocycles. The van der Waals surface area contributed by atoms with Crippen molar-refractivity contribution in [2.75, 3.05) is 0 Å². The van der Waals surface area contributed by atoms with Crippen molar-refractivity contribution in [2.45, 2.75) is 116 Å². The third-order valence-corrected chi connectivity index (χ3v) is 7.28. The van der Waals surface area contributed by atoms with Crippen molar-refractivity contribution >= 4 is 49.7 Å². The van der Waals surface area contributed by atoms with Crippen LogP contribution in [0.2, 0.25) is 0 Å². The van der Waals surface area contributed by atoms with E-state index in [2.05, 4.69) is 13.8 Å². The number of carbonyl (C=O) groups is 2. The predicted molar refractivity (Wildman–Crippen MR) is 150 cm³/mol. The molecule has 0 aliphatic rings. The third-order valence-electron chi connectivity index (χ3n) is 7.28. The molecule has 2 unspecified atom stereocenters. The Balaban J connectivity index is 0.000000682. The average molecular weight is 535 g/mol. The van der Waals surface area contributed by atoms with Gasteiger partial charge in [0.2, 0.25) is 0 Å². The molecule has 4 nitrogen and oxygen atoms in total. The van der Waals surface area contributed by atoms with Crippen LogP contribution in [-0.2, 0) is 20.4 Å². The zero-order valence-corrected chi connectivity index (χ0v) is 25.8. The summed E-state index contributed by atoms with van der Waals surface area (Å²) in [6.45, 7) is 7.90. The minimum atomic E-state index is -0.968.